The van der Waals surface area contributed by atoms with E-state index in [4.69, 9.17) is 9.47 Å². The van der Waals surface area contributed by atoms with Gasteiger partial charge in [0.15, 0.2) is 5.96 Å². The summed E-state index contributed by atoms with van der Waals surface area (Å²) in [4.78, 5) is 18.2. The molecule has 2 N–H and O–H groups in total. The zero-order chi connectivity index (χ0) is 18.8. The molecular formula is C17H37IN4O3. The summed E-state index contributed by atoms with van der Waals surface area (Å²) in [6, 6.07) is 0.220. The number of aliphatic imine (C=N–C) groups is 1. The molecule has 150 valence electrons. The van der Waals surface area contributed by atoms with E-state index in [9.17, 15) is 4.79 Å². The van der Waals surface area contributed by atoms with E-state index in [1.165, 1.54) is 0 Å². The highest BCUT2D eigenvalue weighted by Crippen LogP contribution is 2.11. The molecule has 0 aliphatic heterocycles. The largest absolute Gasteiger partial charge is 0.444 e. The molecule has 7 nitrogen and oxygen atoms in total. The molecule has 0 saturated heterocycles. The van der Waals surface area contributed by atoms with Crippen molar-refractivity contribution in [3.63, 3.8) is 0 Å². The standard InChI is InChI=1S/C17H36N4O3.HI/c1-9-18-15(20-13(2)12-23-8)19-11-10-14(3)21(7)16(22)24-17(4,5)6;/h13-14H,9-12H2,1-8H3,(H2,18,19,20);1H. The van der Waals surface area contributed by atoms with Gasteiger partial charge in [-0.3, -0.25) is 4.99 Å². The average molecular weight is 472 g/mol. The summed E-state index contributed by atoms with van der Waals surface area (Å²) in [6.45, 7) is 13.7. The molecule has 0 aliphatic carbocycles. The summed E-state index contributed by atoms with van der Waals surface area (Å²) in [5.74, 6) is 0.758. The smallest absolute Gasteiger partial charge is 0.410 e. The molecule has 0 aliphatic rings. The highest BCUT2D eigenvalue weighted by molar-refractivity contribution is 14.0. The summed E-state index contributed by atoms with van der Waals surface area (Å²) in [5.41, 5.74) is -0.483. The van der Waals surface area contributed by atoms with Gasteiger partial charge in [-0.15, -0.1) is 24.0 Å². The lowest BCUT2D eigenvalue weighted by atomic mass is 10.2. The van der Waals surface area contributed by atoms with Crippen molar-refractivity contribution in [2.24, 2.45) is 4.99 Å². The van der Waals surface area contributed by atoms with Crippen molar-refractivity contribution < 1.29 is 14.3 Å². The Morgan fingerprint density at radius 1 is 1.28 bits per heavy atom. The summed E-state index contributed by atoms with van der Waals surface area (Å²) in [5, 5.41) is 6.49. The van der Waals surface area contributed by atoms with Crippen LogP contribution in [-0.4, -0.2) is 68.5 Å². The topological polar surface area (TPSA) is 75.2 Å². The van der Waals surface area contributed by atoms with Gasteiger partial charge in [-0.2, -0.15) is 0 Å². The molecule has 1 amide bonds. The maximum absolute atomic E-state index is 12.0. The molecule has 8 heteroatoms. The van der Waals surface area contributed by atoms with E-state index < -0.39 is 5.60 Å². The Morgan fingerprint density at radius 3 is 2.36 bits per heavy atom. The van der Waals surface area contributed by atoms with Crippen LogP contribution in [0.2, 0.25) is 0 Å². The minimum atomic E-state index is -0.483. The van der Waals surface area contributed by atoms with Crippen molar-refractivity contribution >= 4 is 36.0 Å². The second kappa shape index (κ2) is 13.4. The van der Waals surface area contributed by atoms with Gasteiger partial charge in [0.1, 0.15) is 5.60 Å². The number of hydrogen-bond donors (Lipinski definition) is 2. The predicted octanol–water partition coefficient (Wildman–Crippen LogP) is 2.84. The SMILES string of the molecule is CCNC(=NCCC(C)N(C)C(=O)OC(C)(C)C)NC(C)COC.I. The molecule has 0 aromatic carbocycles. The first kappa shape index (κ1) is 26.5. The number of methoxy groups -OCH3 is 1. The zero-order valence-corrected chi connectivity index (χ0v) is 19.3. The number of ether oxygens (including phenoxy) is 2. The van der Waals surface area contributed by atoms with Gasteiger partial charge in [0.25, 0.3) is 0 Å². The molecule has 0 spiro atoms. The highest BCUT2D eigenvalue weighted by atomic mass is 127. The monoisotopic (exact) mass is 472 g/mol. The average Bonchev–Trinajstić information content (AvgIpc) is 2.44. The second-order valence-corrected chi connectivity index (χ2v) is 6.99. The Balaban J connectivity index is 0. The van der Waals surface area contributed by atoms with Crippen LogP contribution in [0.3, 0.4) is 0 Å². The summed E-state index contributed by atoms with van der Waals surface area (Å²) in [6.07, 6.45) is 0.447. The molecule has 0 rings (SSSR count). The lowest BCUT2D eigenvalue weighted by Gasteiger charge is -2.28. The molecule has 25 heavy (non-hydrogen) atoms. The number of rotatable bonds is 8. The maximum atomic E-state index is 12.0. The fourth-order valence-corrected chi connectivity index (χ4v) is 1.92. The molecule has 2 unspecified atom stereocenters. The molecule has 0 heterocycles. The second-order valence-electron chi connectivity index (χ2n) is 6.99. The number of hydrogen-bond acceptors (Lipinski definition) is 4. The Bertz CT molecular complexity index is 400. The predicted molar refractivity (Wildman–Crippen MR) is 114 cm³/mol. The Hall–Kier alpha value is -0.770. The van der Waals surface area contributed by atoms with Crippen molar-refractivity contribution in [1.82, 2.24) is 15.5 Å². The van der Waals surface area contributed by atoms with Gasteiger partial charge in [0.05, 0.1) is 6.61 Å². The van der Waals surface area contributed by atoms with Gasteiger partial charge in [0.2, 0.25) is 0 Å². The minimum Gasteiger partial charge on any atom is -0.444 e. The molecule has 0 radical (unpaired) electrons. The van der Waals surface area contributed by atoms with Crippen LogP contribution in [0.25, 0.3) is 0 Å². The quantitative estimate of drug-likeness (QED) is 0.323. The van der Waals surface area contributed by atoms with Crippen LogP contribution >= 0.6 is 24.0 Å². The number of carbonyl (C=O) groups excluding carboxylic acids is 1. The lowest BCUT2D eigenvalue weighted by molar-refractivity contribution is 0.0231. The van der Waals surface area contributed by atoms with Crippen LogP contribution in [-0.2, 0) is 9.47 Å². The van der Waals surface area contributed by atoms with Crippen molar-refractivity contribution in [2.75, 3.05) is 33.9 Å². The fourth-order valence-electron chi connectivity index (χ4n) is 1.92. The van der Waals surface area contributed by atoms with Gasteiger partial charge >= 0.3 is 6.09 Å². The fraction of sp³-hybridized carbons (Fsp3) is 0.882. The van der Waals surface area contributed by atoms with Crippen molar-refractivity contribution in [1.29, 1.82) is 0 Å². The number of halogens is 1. The van der Waals surface area contributed by atoms with E-state index >= 15 is 0 Å². The highest BCUT2D eigenvalue weighted by Gasteiger charge is 2.22. The maximum Gasteiger partial charge on any atom is 0.410 e. The number of guanidine groups is 1. The Labute approximate surface area is 170 Å². The first-order valence-electron chi connectivity index (χ1n) is 8.60. The summed E-state index contributed by atoms with van der Waals surface area (Å²) >= 11 is 0. The van der Waals surface area contributed by atoms with E-state index in [-0.39, 0.29) is 42.2 Å². The van der Waals surface area contributed by atoms with Crippen molar-refractivity contribution in [3.05, 3.63) is 0 Å². The van der Waals surface area contributed by atoms with Crippen molar-refractivity contribution in [3.8, 4) is 0 Å². The number of nitrogens with zero attached hydrogens (tertiary/aromatic N) is 2. The molecule has 0 bridgehead atoms. The van der Waals surface area contributed by atoms with Crippen LogP contribution in [0.4, 0.5) is 4.79 Å². The third-order valence-corrected chi connectivity index (χ3v) is 3.30. The summed E-state index contributed by atoms with van der Waals surface area (Å²) in [7, 11) is 3.43. The number of nitrogens with one attached hydrogen (secondary N) is 2. The van der Waals surface area contributed by atoms with E-state index in [2.05, 4.69) is 15.6 Å². The third kappa shape index (κ3) is 13.1. The number of amides is 1. The third-order valence-electron chi connectivity index (χ3n) is 3.30. The van der Waals surface area contributed by atoms with Gasteiger partial charge in [-0.05, 0) is 48.0 Å². The molecule has 0 aromatic heterocycles. The molecular weight excluding hydrogens is 435 g/mol. The van der Waals surface area contributed by atoms with Gasteiger partial charge in [-0.1, -0.05) is 0 Å². The van der Waals surface area contributed by atoms with Crippen LogP contribution in [0.5, 0.6) is 0 Å². The first-order valence-corrected chi connectivity index (χ1v) is 8.60. The van der Waals surface area contributed by atoms with Crippen LogP contribution in [0, 0.1) is 0 Å². The minimum absolute atomic E-state index is 0. The normalized spacial score (nSPS) is 14.2. The van der Waals surface area contributed by atoms with E-state index in [0.717, 1.165) is 18.9 Å². The van der Waals surface area contributed by atoms with Crippen molar-refractivity contribution in [2.45, 2.75) is 65.6 Å². The van der Waals surface area contributed by atoms with Crippen LogP contribution in [0.15, 0.2) is 4.99 Å². The van der Waals surface area contributed by atoms with E-state index in [1.807, 2.05) is 41.5 Å². The van der Waals surface area contributed by atoms with Crippen LogP contribution in [0.1, 0.15) is 48.0 Å². The lowest BCUT2D eigenvalue weighted by Crippen LogP contribution is -2.44. The van der Waals surface area contributed by atoms with Gasteiger partial charge in [-0.25, -0.2) is 4.79 Å². The first-order chi connectivity index (χ1) is 11.1. The summed E-state index contributed by atoms with van der Waals surface area (Å²) < 4.78 is 10.5. The van der Waals surface area contributed by atoms with Gasteiger partial charge < -0.3 is 25.0 Å². The Morgan fingerprint density at radius 2 is 1.88 bits per heavy atom. The zero-order valence-electron chi connectivity index (χ0n) is 17.0. The number of carbonyl (C=O) groups is 1. The molecule has 2 atom stereocenters. The van der Waals surface area contributed by atoms with E-state index in [1.54, 1.807) is 19.1 Å². The molecule has 0 saturated carbocycles. The molecule has 0 fully saturated rings. The Kier molecular flexibility index (Phi) is 14.2. The van der Waals surface area contributed by atoms with E-state index in [0.29, 0.717) is 13.2 Å². The van der Waals surface area contributed by atoms with Gasteiger partial charge in [0, 0.05) is 39.3 Å². The molecule has 0 aromatic rings. The van der Waals surface area contributed by atoms with Crippen LogP contribution < -0.4 is 10.6 Å².